The molecule has 0 aliphatic carbocycles. The van der Waals surface area contributed by atoms with Crippen LogP contribution in [-0.2, 0) is 27.9 Å². The van der Waals surface area contributed by atoms with Gasteiger partial charge in [0.1, 0.15) is 5.69 Å². The Balaban J connectivity index is 1.62. The highest BCUT2D eigenvalue weighted by Crippen LogP contribution is 2.30. The molecular weight excluding hydrogens is 320 g/mol. The molecule has 2 aromatic heterocycles. The molecule has 2 aromatic rings. The molecule has 0 saturated carbocycles. The molecule has 124 valence electrons. The van der Waals surface area contributed by atoms with Crippen LogP contribution in [-0.4, -0.2) is 60.1 Å². The standard InChI is InChI=1S/C14H18N4O4S/c19-23(20,17-5-8-21-9-6-17)18-4-3-12-11(10-18)14(16-15-12)13-2-1-7-22-13/h1-2,7H,3-6,8-10H2,(H,15,16). The molecule has 1 saturated heterocycles. The minimum absolute atomic E-state index is 0.307. The first kappa shape index (κ1) is 14.9. The third-order valence-electron chi connectivity index (χ3n) is 4.28. The number of fused-ring (bicyclic) bond motifs is 1. The number of ether oxygens (including phenoxy) is 1. The van der Waals surface area contributed by atoms with E-state index < -0.39 is 10.2 Å². The average Bonchev–Trinajstić information content (AvgIpc) is 3.24. The summed E-state index contributed by atoms with van der Waals surface area (Å²) in [5, 5.41) is 7.30. The normalized spacial score (nSPS) is 20.5. The first-order chi connectivity index (χ1) is 11.2. The van der Waals surface area contributed by atoms with Crippen LogP contribution in [0.4, 0.5) is 0 Å². The summed E-state index contributed by atoms with van der Waals surface area (Å²) < 4.78 is 39.3. The lowest BCUT2D eigenvalue weighted by Gasteiger charge is -2.33. The van der Waals surface area contributed by atoms with E-state index in [-0.39, 0.29) is 0 Å². The SMILES string of the molecule is O=S(=O)(N1CCOCC1)N1CCc2[nH]nc(-c3ccco3)c2C1. The molecule has 0 unspecified atom stereocenters. The Morgan fingerprint density at radius 2 is 2.00 bits per heavy atom. The lowest BCUT2D eigenvalue weighted by Crippen LogP contribution is -2.49. The maximum Gasteiger partial charge on any atom is 0.282 e. The van der Waals surface area contributed by atoms with Crippen LogP contribution in [0.3, 0.4) is 0 Å². The third-order valence-corrected chi connectivity index (χ3v) is 6.26. The number of nitrogens with one attached hydrogen (secondary N) is 1. The van der Waals surface area contributed by atoms with Gasteiger partial charge in [0.15, 0.2) is 5.76 Å². The smallest absolute Gasteiger partial charge is 0.282 e. The molecule has 0 amide bonds. The zero-order valence-electron chi connectivity index (χ0n) is 12.6. The van der Waals surface area contributed by atoms with Gasteiger partial charge in [0.25, 0.3) is 10.2 Å². The Morgan fingerprint density at radius 1 is 1.17 bits per heavy atom. The fourth-order valence-electron chi connectivity index (χ4n) is 3.02. The van der Waals surface area contributed by atoms with Crippen LogP contribution in [0.25, 0.3) is 11.5 Å². The predicted octanol–water partition coefficient (Wildman–Crippen LogP) is 0.605. The van der Waals surface area contributed by atoms with Crippen LogP contribution in [0.5, 0.6) is 0 Å². The fourth-order valence-corrected chi connectivity index (χ4v) is 4.58. The maximum absolute atomic E-state index is 12.8. The van der Waals surface area contributed by atoms with Gasteiger partial charge < -0.3 is 9.15 Å². The first-order valence-electron chi connectivity index (χ1n) is 7.59. The number of nitrogens with zero attached hydrogens (tertiary/aromatic N) is 3. The van der Waals surface area contributed by atoms with Crippen molar-refractivity contribution in [1.82, 2.24) is 18.8 Å². The number of hydrogen-bond donors (Lipinski definition) is 1. The van der Waals surface area contributed by atoms with Crippen LogP contribution in [0.1, 0.15) is 11.3 Å². The van der Waals surface area contributed by atoms with E-state index in [1.165, 1.54) is 8.61 Å². The summed E-state index contributed by atoms with van der Waals surface area (Å²) in [6, 6.07) is 3.62. The second-order valence-electron chi connectivity index (χ2n) is 5.61. The highest BCUT2D eigenvalue weighted by Gasteiger charge is 2.35. The van der Waals surface area contributed by atoms with Crippen LogP contribution in [0, 0.1) is 0 Å². The van der Waals surface area contributed by atoms with Crippen LogP contribution in [0.15, 0.2) is 22.8 Å². The van der Waals surface area contributed by atoms with Gasteiger partial charge in [-0.2, -0.15) is 22.1 Å². The van der Waals surface area contributed by atoms with Gasteiger partial charge in [-0.05, 0) is 12.1 Å². The van der Waals surface area contributed by atoms with E-state index in [1.54, 1.807) is 12.3 Å². The number of aromatic nitrogens is 2. The fraction of sp³-hybridized carbons (Fsp3) is 0.500. The second-order valence-corrected chi connectivity index (χ2v) is 7.54. The summed E-state index contributed by atoms with van der Waals surface area (Å²) in [7, 11) is -3.48. The van der Waals surface area contributed by atoms with Crippen molar-refractivity contribution in [3.8, 4) is 11.5 Å². The molecule has 2 aliphatic heterocycles. The number of aromatic amines is 1. The number of furan rings is 1. The predicted molar refractivity (Wildman–Crippen MR) is 81.7 cm³/mol. The van der Waals surface area contributed by atoms with Crippen molar-refractivity contribution in [3.63, 3.8) is 0 Å². The topological polar surface area (TPSA) is 91.7 Å². The highest BCUT2D eigenvalue weighted by molar-refractivity contribution is 7.86. The van der Waals surface area contributed by atoms with Gasteiger partial charge in [-0.15, -0.1) is 0 Å². The van der Waals surface area contributed by atoms with E-state index >= 15 is 0 Å². The molecule has 2 aliphatic rings. The third kappa shape index (κ3) is 2.59. The first-order valence-corrected chi connectivity index (χ1v) is 8.99. The van der Waals surface area contributed by atoms with E-state index in [1.807, 2.05) is 6.07 Å². The number of morpholine rings is 1. The Bertz CT molecular complexity index is 778. The number of hydrogen-bond acceptors (Lipinski definition) is 5. The highest BCUT2D eigenvalue weighted by atomic mass is 32.2. The minimum atomic E-state index is -3.48. The van der Waals surface area contributed by atoms with Crippen molar-refractivity contribution < 1.29 is 17.6 Å². The van der Waals surface area contributed by atoms with Crippen LogP contribution in [0.2, 0.25) is 0 Å². The van der Waals surface area contributed by atoms with Crippen molar-refractivity contribution in [1.29, 1.82) is 0 Å². The molecule has 0 bridgehead atoms. The molecule has 0 radical (unpaired) electrons. The lowest BCUT2D eigenvalue weighted by molar-refractivity contribution is 0.0699. The van der Waals surface area contributed by atoms with Gasteiger partial charge >= 0.3 is 0 Å². The summed E-state index contributed by atoms with van der Waals surface area (Å²) in [5.74, 6) is 0.646. The van der Waals surface area contributed by atoms with E-state index in [9.17, 15) is 8.42 Å². The summed E-state index contributed by atoms with van der Waals surface area (Å²) >= 11 is 0. The Morgan fingerprint density at radius 3 is 2.74 bits per heavy atom. The molecule has 1 N–H and O–H groups in total. The minimum Gasteiger partial charge on any atom is -0.463 e. The summed E-state index contributed by atoms with van der Waals surface area (Å²) in [5.41, 5.74) is 2.56. The van der Waals surface area contributed by atoms with Gasteiger partial charge in [0.05, 0.1) is 19.5 Å². The molecule has 4 heterocycles. The van der Waals surface area contributed by atoms with Gasteiger partial charge in [0, 0.05) is 43.9 Å². The Labute approximate surface area is 134 Å². The van der Waals surface area contributed by atoms with E-state index in [4.69, 9.17) is 9.15 Å². The van der Waals surface area contributed by atoms with Crippen molar-refractivity contribution >= 4 is 10.2 Å². The molecule has 9 heteroatoms. The van der Waals surface area contributed by atoms with E-state index in [0.717, 1.165) is 11.3 Å². The van der Waals surface area contributed by atoms with Gasteiger partial charge in [-0.3, -0.25) is 5.10 Å². The summed E-state index contributed by atoms with van der Waals surface area (Å²) in [4.78, 5) is 0. The maximum atomic E-state index is 12.8. The molecule has 8 nitrogen and oxygen atoms in total. The van der Waals surface area contributed by atoms with Crippen molar-refractivity contribution in [2.24, 2.45) is 0 Å². The quantitative estimate of drug-likeness (QED) is 0.885. The summed E-state index contributed by atoms with van der Waals surface area (Å²) in [6.07, 6.45) is 2.20. The van der Waals surface area contributed by atoms with Gasteiger partial charge in [0.2, 0.25) is 0 Å². The van der Waals surface area contributed by atoms with E-state index in [2.05, 4.69) is 10.2 Å². The monoisotopic (exact) mass is 338 g/mol. The van der Waals surface area contributed by atoms with Crippen LogP contribution >= 0.6 is 0 Å². The van der Waals surface area contributed by atoms with E-state index in [0.29, 0.717) is 57.3 Å². The second kappa shape index (κ2) is 5.75. The number of rotatable bonds is 3. The molecule has 0 atom stereocenters. The number of H-pyrrole nitrogens is 1. The molecule has 23 heavy (non-hydrogen) atoms. The Kier molecular flexibility index (Phi) is 3.72. The summed E-state index contributed by atoms with van der Waals surface area (Å²) in [6.45, 7) is 2.46. The van der Waals surface area contributed by atoms with Gasteiger partial charge in [-0.1, -0.05) is 0 Å². The lowest BCUT2D eigenvalue weighted by atomic mass is 10.1. The molecule has 0 aromatic carbocycles. The molecule has 4 rings (SSSR count). The van der Waals surface area contributed by atoms with Crippen molar-refractivity contribution in [2.45, 2.75) is 13.0 Å². The Hall–Kier alpha value is -1.68. The molecule has 0 spiro atoms. The van der Waals surface area contributed by atoms with Crippen LogP contribution < -0.4 is 0 Å². The zero-order valence-corrected chi connectivity index (χ0v) is 13.4. The zero-order chi connectivity index (χ0) is 15.9. The largest absolute Gasteiger partial charge is 0.463 e. The van der Waals surface area contributed by atoms with Crippen molar-refractivity contribution in [2.75, 3.05) is 32.8 Å². The van der Waals surface area contributed by atoms with Crippen molar-refractivity contribution in [3.05, 3.63) is 29.7 Å². The average molecular weight is 338 g/mol. The molecule has 1 fully saturated rings. The van der Waals surface area contributed by atoms with Gasteiger partial charge in [-0.25, -0.2) is 0 Å². The molecular formula is C14H18N4O4S.